The number of aromatic nitrogens is 2. The van der Waals surface area contributed by atoms with Gasteiger partial charge in [-0.2, -0.15) is 5.26 Å². The van der Waals surface area contributed by atoms with Crippen LogP contribution in [0.4, 0.5) is 0 Å². The van der Waals surface area contributed by atoms with Crippen molar-refractivity contribution in [3.05, 3.63) is 17.6 Å². The Morgan fingerprint density at radius 3 is 3.00 bits per heavy atom. The van der Waals surface area contributed by atoms with E-state index in [1.807, 2.05) is 6.07 Å². The monoisotopic (exact) mass is 209 g/mol. The third kappa shape index (κ3) is 3.03. The highest BCUT2D eigenvalue weighted by atomic mass is 32.2. The molecule has 5 nitrogen and oxygen atoms in total. The Kier molecular flexibility index (Phi) is 3.42. The Morgan fingerprint density at radius 2 is 2.43 bits per heavy atom. The van der Waals surface area contributed by atoms with Crippen LogP contribution in [0.15, 0.2) is 11.1 Å². The first-order valence-corrected chi connectivity index (χ1v) is 4.71. The summed E-state index contributed by atoms with van der Waals surface area (Å²) in [6, 6.07) is 3.36. The van der Waals surface area contributed by atoms with E-state index in [1.165, 1.54) is 6.07 Å². The number of nitrogens with zero attached hydrogens (tertiary/aromatic N) is 3. The highest BCUT2D eigenvalue weighted by molar-refractivity contribution is 7.99. The molecule has 0 fully saturated rings. The molecule has 1 aromatic rings. The van der Waals surface area contributed by atoms with Crippen LogP contribution in [0.1, 0.15) is 11.5 Å². The fraction of sp³-hybridized carbons (Fsp3) is 0.250. The summed E-state index contributed by atoms with van der Waals surface area (Å²) in [7, 11) is 0. The van der Waals surface area contributed by atoms with Gasteiger partial charge in [0.1, 0.15) is 22.6 Å². The van der Waals surface area contributed by atoms with Crippen LogP contribution in [0, 0.1) is 18.3 Å². The van der Waals surface area contributed by atoms with Crippen LogP contribution in [0.5, 0.6) is 0 Å². The van der Waals surface area contributed by atoms with Crippen molar-refractivity contribution in [1.29, 1.82) is 5.26 Å². The second kappa shape index (κ2) is 4.58. The number of rotatable bonds is 3. The molecule has 0 aliphatic carbocycles. The van der Waals surface area contributed by atoms with Crippen molar-refractivity contribution in [3.8, 4) is 6.07 Å². The molecule has 72 valence electrons. The molecule has 1 N–H and O–H groups in total. The van der Waals surface area contributed by atoms with Crippen molar-refractivity contribution in [1.82, 2.24) is 9.97 Å². The van der Waals surface area contributed by atoms with Crippen molar-refractivity contribution < 1.29 is 9.90 Å². The standard InChI is InChI=1S/C8H7N3O2S/c1-5-10-6(3-9)2-7(11-5)14-4-8(12)13/h2H,4H2,1H3,(H,12,13). The Hall–Kier alpha value is -1.61. The van der Waals surface area contributed by atoms with E-state index >= 15 is 0 Å². The molecule has 0 unspecified atom stereocenters. The number of carboxylic acids is 1. The quantitative estimate of drug-likeness (QED) is 0.586. The number of thioether (sulfide) groups is 1. The van der Waals surface area contributed by atoms with Gasteiger partial charge in [0.05, 0.1) is 5.75 Å². The third-order valence-electron chi connectivity index (χ3n) is 1.27. The van der Waals surface area contributed by atoms with Gasteiger partial charge in [0.25, 0.3) is 0 Å². The summed E-state index contributed by atoms with van der Waals surface area (Å²) < 4.78 is 0. The molecule has 1 aromatic heterocycles. The minimum absolute atomic E-state index is 0.0681. The van der Waals surface area contributed by atoms with E-state index in [0.717, 1.165) is 11.8 Å². The predicted molar refractivity (Wildman–Crippen MR) is 49.8 cm³/mol. The number of aryl methyl sites for hydroxylation is 1. The molecule has 14 heavy (non-hydrogen) atoms. The van der Waals surface area contributed by atoms with E-state index in [4.69, 9.17) is 10.4 Å². The fourth-order valence-electron chi connectivity index (χ4n) is 0.807. The third-order valence-corrected chi connectivity index (χ3v) is 2.17. The molecule has 1 rings (SSSR count). The van der Waals surface area contributed by atoms with Gasteiger partial charge in [-0.3, -0.25) is 4.79 Å². The number of carbonyl (C=O) groups is 1. The zero-order valence-corrected chi connectivity index (χ0v) is 8.21. The molecule has 6 heteroatoms. The molecule has 0 aliphatic rings. The molecule has 0 atom stereocenters. The maximum absolute atomic E-state index is 10.3. The minimum Gasteiger partial charge on any atom is -0.481 e. The number of hydrogen-bond acceptors (Lipinski definition) is 5. The number of carboxylic acid groups (broad SMARTS) is 1. The summed E-state index contributed by atoms with van der Waals surface area (Å²) in [6.45, 7) is 1.66. The molecule has 0 aromatic carbocycles. The average Bonchev–Trinajstić information content (AvgIpc) is 2.14. The van der Waals surface area contributed by atoms with Gasteiger partial charge in [0.15, 0.2) is 0 Å². The van der Waals surface area contributed by atoms with E-state index in [-0.39, 0.29) is 11.4 Å². The number of hydrogen-bond donors (Lipinski definition) is 1. The van der Waals surface area contributed by atoms with E-state index < -0.39 is 5.97 Å². The molecular formula is C8H7N3O2S. The predicted octanol–water partition coefficient (Wildman–Crippen LogP) is 0.833. The largest absolute Gasteiger partial charge is 0.481 e. The molecule has 0 aliphatic heterocycles. The average molecular weight is 209 g/mol. The van der Waals surface area contributed by atoms with Gasteiger partial charge in [-0.1, -0.05) is 11.8 Å². The molecule has 0 radical (unpaired) electrons. The van der Waals surface area contributed by atoms with E-state index in [2.05, 4.69) is 9.97 Å². The first-order chi connectivity index (χ1) is 6.61. The van der Waals surface area contributed by atoms with Gasteiger partial charge in [-0.05, 0) is 6.92 Å². The van der Waals surface area contributed by atoms with Crippen molar-refractivity contribution in [2.24, 2.45) is 0 Å². The zero-order valence-electron chi connectivity index (χ0n) is 7.39. The normalized spacial score (nSPS) is 9.43. The Morgan fingerprint density at radius 1 is 1.71 bits per heavy atom. The van der Waals surface area contributed by atoms with Crippen LogP contribution in [-0.2, 0) is 4.79 Å². The summed E-state index contributed by atoms with van der Waals surface area (Å²) in [4.78, 5) is 18.1. The van der Waals surface area contributed by atoms with Crippen LogP contribution in [0.25, 0.3) is 0 Å². The topological polar surface area (TPSA) is 86.9 Å². The number of aliphatic carboxylic acids is 1. The Labute approximate surface area is 84.8 Å². The fourth-order valence-corrected chi connectivity index (χ4v) is 1.47. The molecule has 0 amide bonds. The van der Waals surface area contributed by atoms with Crippen molar-refractivity contribution >= 4 is 17.7 Å². The minimum atomic E-state index is -0.912. The Balaban J connectivity index is 2.82. The van der Waals surface area contributed by atoms with E-state index in [9.17, 15) is 4.79 Å². The van der Waals surface area contributed by atoms with Gasteiger partial charge >= 0.3 is 5.97 Å². The molecule has 0 saturated carbocycles. The Bertz CT molecular complexity index is 400. The zero-order chi connectivity index (χ0) is 10.6. The van der Waals surface area contributed by atoms with Gasteiger partial charge < -0.3 is 5.11 Å². The molecule has 1 heterocycles. The van der Waals surface area contributed by atoms with Crippen LogP contribution in [-0.4, -0.2) is 26.8 Å². The summed E-state index contributed by atoms with van der Waals surface area (Å²) in [5.41, 5.74) is 0.255. The van der Waals surface area contributed by atoms with Gasteiger partial charge in [-0.25, -0.2) is 9.97 Å². The first-order valence-electron chi connectivity index (χ1n) is 3.72. The van der Waals surface area contributed by atoms with Gasteiger partial charge in [0.2, 0.25) is 0 Å². The smallest absolute Gasteiger partial charge is 0.313 e. The van der Waals surface area contributed by atoms with E-state index in [0.29, 0.717) is 10.9 Å². The lowest BCUT2D eigenvalue weighted by Crippen LogP contribution is -2.00. The molecule has 0 spiro atoms. The van der Waals surface area contributed by atoms with E-state index in [1.54, 1.807) is 6.92 Å². The van der Waals surface area contributed by atoms with Crippen LogP contribution >= 0.6 is 11.8 Å². The molecule has 0 saturated heterocycles. The van der Waals surface area contributed by atoms with Crippen molar-refractivity contribution in [2.45, 2.75) is 11.9 Å². The highest BCUT2D eigenvalue weighted by Gasteiger charge is 2.04. The molecular weight excluding hydrogens is 202 g/mol. The van der Waals surface area contributed by atoms with Crippen LogP contribution in [0.3, 0.4) is 0 Å². The van der Waals surface area contributed by atoms with Crippen LogP contribution < -0.4 is 0 Å². The van der Waals surface area contributed by atoms with Crippen molar-refractivity contribution in [2.75, 3.05) is 5.75 Å². The second-order valence-corrected chi connectivity index (χ2v) is 3.43. The van der Waals surface area contributed by atoms with Crippen molar-refractivity contribution in [3.63, 3.8) is 0 Å². The lowest BCUT2D eigenvalue weighted by Gasteiger charge is -1.99. The maximum atomic E-state index is 10.3. The van der Waals surface area contributed by atoms with Gasteiger partial charge in [-0.15, -0.1) is 0 Å². The summed E-state index contributed by atoms with van der Waals surface area (Å²) in [5, 5.41) is 17.5. The second-order valence-electron chi connectivity index (χ2n) is 2.43. The molecule has 0 bridgehead atoms. The summed E-state index contributed by atoms with van der Waals surface area (Å²) in [6.07, 6.45) is 0. The SMILES string of the molecule is Cc1nc(C#N)cc(SCC(=O)O)n1. The van der Waals surface area contributed by atoms with Gasteiger partial charge in [0, 0.05) is 6.07 Å². The van der Waals surface area contributed by atoms with Crippen LogP contribution in [0.2, 0.25) is 0 Å². The lowest BCUT2D eigenvalue weighted by atomic mass is 10.4. The number of nitriles is 1. The summed E-state index contributed by atoms with van der Waals surface area (Å²) >= 11 is 1.07. The maximum Gasteiger partial charge on any atom is 0.313 e. The summed E-state index contributed by atoms with van der Waals surface area (Å²) in [5.74, 6) is -0.511. The lowest BCUT2D eigenvalue weighted by molar-refractivity contribution is -0.133. The highest BCUT2D eigenvalue weighted by Crippen LogP contribution is 2.15. The first kappa shape index (κ1) is 10.5.